The van der Waals surface area contributed by atoms with Crippen LogP contribution in [0.15, 0.2) is 22.7 Å². The Morgan fingerprint density at radius 3 is 2.58 bits per heavy atom. The summed E-state index contributed by atoms with van der Waals surface area (Å²) in [4.78, 5) is 0. The van der Waals surface area contributed by atoms with Gasteiger partial charge in [0, 0.05) is 21.6 Å². The SMILES string of the molecule is CC(C)Cn1c(CCl)nnc1-c1cc(Cl)cc(Br)c1. The number of halogens is 3. The first-order chi connectivity index (χ1) is 9.01. The lowest BCUT2D eigenvalue weighted by molar-refractivity contribution is 0.515. The van der Waals surface area contributed by atoms with E-state index in [9.17, 15) is 0 Å². The monoisotopic (exact) mass is 361 g/mol. The maximum atomic E-state index is 6.09. The largest absolute Gasteiger partial charge is 0.310 e. The maximum Gasteiger partial charge on any atom is 0.164 e. The summed E-state index contributed by atoms with van der Waals surface area (Å²) < 4.78 is 2.97. The van der Waals surface area contributed by atoms with E-state index in [1.165, 1.54) is 0 Å². The van der Waals surface area contributed by atoms with Crippen LogP contribution >= 0.6 is 39.1 Å². The third kappa shape index (κ3) is 3.50. The summed E-state index contributed by atoms with van der Waals surface area (Å²) >= 11 is 15.4. The molecule has 0 saturated carbocycles. The van der Waals surface area contributed by atoms with E-state index in [1.807, 2.05) is 18.2 Å². The van der Waals surface area contributed by atoms with Gasteiger partial charge in [0.05, 0.1) is 5.88 Å². The zero-order chi connectivity index (χ0) is 14.0. The summed E-state index contributed by atoms with van der Waals surface area (Å²) in [5, 5.41) is 9.05. The summed E-state index contributed by atoms with van der Waals surface area (Å²) in [7, 11) is 0. The van der Waals surface area contributed by atoms with Crippen LogP contribution in [0.25, 0.3) is 11.4 Å². The molecule has 102 valence electrons. The third-order valence-electron chi connectivity index (χ3n) is 2.62. The summed E-state index contributed by atoms with van der Waals surface area (Å²) in [5.41, 5.74) is 0.934. The van der Waals surface area contributed by atoms with Crippen molar-refractivity contribution in [2.75, 3.05) is 0 Å². The van der Waals surface area contributed by atoms with Crippen LogP contribution in [0.3, 0.4) is 0 Å². The number of nitrogens with zero attached hydrogens (tertiary/aromatic N) is 3. The van der Waals surface area contributed by atoms with Crippen molar-refractivity contribution in [2.45, 2.75) is 26.3 Å². The van der Waals surface area contributed by atoms with Gasteiger partial charge in [0.25, 0.3) is 0 Å². The number of benzene rings is 1. The molecule has 0 fully saturated rings. The molecule has 0 saturated heterocycles. The molecule has 0 radical (unpaired) electrons. The predicted octanol–water partition coefficient (Wildman–Crippen LogP) is 4.76. The summed E-state index contributed by atoms with van der Waals surface area (Å²) in [6.45, 7) is 5.12. The third-order valence-corrected chi connectivity index (χ3v) is 3.53. The van der Waals surface area contributed by atoms with Gasteiger partial charge in [-0.15, -0.1) is 21.8 Å². The van der Waals surface area contributed by atoms with Crippen molar-refractivity contribution in [1.29, 1.82) is 0 Å². The van der Waals surface area contributed by atoms with E-state index in [1.54, 1.807) is 0 Å². The second-order valence-electron chi connectivity index (χ2n) is 4.74. The van der Waals surface area contributed by atoms with E-state index >= 15 is 0 Å². The molecule has 2 aromatic rings. The summed E-state index contributed by atoms with van der Waals surface area (Å²) in [6, 6.07) is 5.70. The standard InChI is InChI=1S/C13H14BrCl2N3/c1-8(2)7-19-12(6-15)17-18-13(19)9-3-10(14)5-11(16)4-9/h3-5,8H,6-7H2,1-2H3. The maximum absolute atomic E-state index is 6.09. The van der Waals surface area contributed by atoms with E-state index < -0.39 is 0 Å². The number of aromatic nitrogens is 3. The molecule has 0 aliphatic carbocycles. The topological polar surface area (TPSA) is 30.7 Å². The van der Waals surface area contributed by atoms with Gasteiger partial charge < -0.3 is 4.57 Å². The average molecular weight is 363 g/mol. The number of hydrogen-bond acceptors (Lipinski definition) is 2. The Bertz CT molecular complexity index is 561. The Hall–Kier alpha value is -0.580. The molecule has 0 N–H and O–H groups in total. The van der Waals surface area contributed by atoms with Gasteiger partial charge in [-0.25, -0.2) is 0 Å². The van der Waals surface area contributed by atoms with Gasteiger partial charge >= 0.3 is 0 Å². The number of hydrogen-bond donors (Lipinski definition) is 0. The number of rotatable bonds is 4. The van der Waals surface area contributed by atoms with Crippen molar-refractivity contribution in [2.24, 2.45) is 5.92 Å². The van der Waals surface area contributed by atoms with Crippen LogP contribution in [-0.4, -0.2) is 14.8 Å². The van der Waals surface area contributed by atoms with Crippen molar-refractivity contribution < 1.29 is 0 Å². The Morgan fingerprint density at radius 1 is 1.26 bits per heavy atom. The molecular weight excluding hydrogens is 349 g/mol. The highest BCUT2D eigenvalue weighted by molar-refractivity contribution is 9.10. The molecule has 0 bridgehead atoms. The van der Waals surface area contributed by atoms with Gasteiger partial charge in [-0.3, -0.25) is 0 Å². The van der Waals surface area contributed by atoms with Crippen LogP contribution in [0.5, 0.6) is 0 Å². The molecule has 1 aromatic carbocycles. The Kier molecular flexibility index (Phi) is 4.87. The Labute approximate surface area is 131 Å². The molecule has 2 rings (SSSR count). The van der Waals surface area contributed by atoms with E-state index in [0.29, 0.717) is 16.8 Å². The van der Waals surface area contributed by atoms with Crippen molar-refractivity contribution >= 4 is 39.1 Å². The first kappa shape index (κ1) is 14.8. The van der Waals surface area contributed by atoms with E-state index in [0.717, 1.165) is 28.2 Å². The van der Waals surface area contributed by atoms with Crippen LogP contribution < -0.4 is 0 Å². The van der Waals surface area contributed by atoms with Crippen molar-refractivity contribution in [1.82, 2.24) is 14.8 Å². The fourth-order valence-electron chi connectivity index (χ4n) is 1.89. The lowest BCUT2D eigenvalue weighted by Gasteiger charge is -2.12. The highest BCUT2D eigenvalue weighted by Gasteiger charge is 2.15. The van der Waals surface area contributed by atoms with Crippen molar-refractivity contribution in [3.05, 3.63) is 33.5 Å². The smallest absolute Gasteiger partial charge is 0.164 e. The minimum atomic E-state index is 0.349. The van der Waals surface area contributed by atoms with Gasteiger partial charge in [-0.2, -0.15) is 0 Å². The highest BCUT2D eigenvalue weighted by atomic mass is 79.9. The molecule has 3 nitrogen and oxygen atoms in total. The van der Waals surface area contributed by atoms with Crippen LogP contribution in [0.2, 0.25) is 5.02 Å². The van der Waals surface area contributed by atoms with E-state index in [4.69, 9.17) is 23.2 Å². The van der Waals surface area contributed by atoms with Crippen LogP contribution in [0, 0.1) is 5.92 Å². The first-order valence-corrected chi connectivity index (χ1v) is 7.66. The zero-order valence-electron chi connectivity index (χ0n) is 10.7. The second kappa shape index (κ2) is 6.25. The summed E-state index contributed by atoms with van der Waals surface area (Å²) in [6.07, 6.45) is 0. The van der Waals surface area contributed by atoms with Gasteiger partial charge in [-0.05, 0) is 24.1 Å². The molecule has 0 atom stereocenters. The average Bonchev–Trinajstić information content (AvgIpc) is 2.69. The fourth-order valence-corrected chi connectivity index (χ4v) is 2.95. The van der Waals surface area contributed by atoms with E-state index in [-0.39, 0.29) is 0 Å². The first-order valence-electron chi connectivity index (χ1n) is 5.95. The molecule has 19 heavy (non-hydrogen) atoms. The zero-order valence-corrected chi connectivity index (χ0v) is 13.8. The van der Waals surface area contributed by atoms with Gasteiger partial charge in [0.2, 0.25) is 0 Å². The van der Waals surface area contributed by atoms with Crippen LogP contribution in [-0.2, 0) is 12.4 Å². The molecule has 0 amide bonds. The molecule has 0 aliphatic rings. The summed E-state index contributed by atoms with van der Waals surface area (Å²) in [5.74, 6) is 2.41. The van der Waals surface area contributed by atoms with Crippen molar-refractivity contribution in [3.63, 3.8) is 0 Å². The molecule has 0 unspecified atom stereocenters. The minimum absolute atomic E-state index is 0.349. The fraction of sp³-hybridized carbons (Fsp3) is 0.385. The minimum Gasteiger partial charge on any atom is -0.310 e. The van der Waals surface area contributed by atoms with Crippen LogP contribution in [0.4, 0.5) is 0 Å². The van der Waals surface area contributed by atoms with Gasteiger partial charge in [0.1, 0.15) is 5.82 Å². The van der Waals surface area contributed by atoms with Crippen LogP contribution in [0.1, 0.15) is 19.7 Å². The molecule has 0 aliphatic heterocycles. The lowest BCUT2D eigenvalue weighted by Crippen LogP contribution is -2.09. The highest BCUT2D eigenvalue weighted by Crippen LogP contribution is 2.27. The predicted molar refractivity (Wildman–Crippen MR) is 82.6 cm³/mol. The normalized spacial score (nSPS) is 11.3. The molecular formula is C13H14BrCl2N3. The lowest BCUT2D eigenvalue weighted by atomic mass is 10.2. The van der Waals surface area contributed by atoms with Gasteiger partial charge in [-0.1, -0.05) is 41.4 Å². The molecule has 1 aromatic heterocycles. The van der Waals surface area contributed by atoms with Gasteiger partial charge in [0.15, 0.2) is 5.82 Å². The van der Waals surface area contributed by atoms with E-state index in [2.05, 4.69) is 44.5 Å². The Balaban J connectivity index is 2.51. The molecule has 1 heterocycles. The number of alkyl halides is 1. The second-order valence-corrected chi connectivity index (χ2v) is 6.36. The van der Waals surface area contributed by atoms with Crippen molar-refractivity contribution in [3.8, 4) is 11.4 Å². The quantitative estimate of drug-likeness (QED) is 0.734. The molecule has 6 heteroatoms. The Morgan fingerprint density at radius 2 is 2.00 bits per heavy atom. The molecule has 0 spiro atoms.